The van der Waals surface area contributed by atoms with E-state index in [1.807, 2.05) is 19.0 Å². The van der Waals surface area contributed by atoms with Crippen LogP contribution in [0, 0.1) is 10.1 Å². The van der Waals surface area contributed by atoms with Crippen LogP contribution in [0.3, 0.4) is 0 Å². The summed E-state index contributed by atoms with van der Waals surface area (Å²) in [5, 5.41) is 14.0. The molecule has 0 amide bonds. The molecule has 3 N–H and O–H groups in total. The fraction of sp³-hybridized carbons (Fsp3) is 0.636. The summed E-state index contributed by atoms with van der Waals surface area (Å²) < 4.78 is 13.6. The molecule has 0 saturated carbocycles. The number of allylic oxidation sites excluding steroid dienone is 1. The Labute approximate surface area is 105 Å². The molecule has 0 radical (unpaired) electrons. The zero-order valence-electron chi connectivity index (χ0n) is 10.8. The molecule has 1 rings (SSSR count). The zero-order valence-corrected chi connectivity index (χ0v) is 10.8. The number of hydrogen-bond acceptors (Lipinski definition) is 5. The third-order valence-electron chi connectivity index (χ3n) is 3.19. The summed E-state index contributed by atoms with van der Waals surface area (Å²) in [5.41, 5.74) is 4.20. The first-order valence-corrected chi connectivity index (χ1v) is 5.65. The maximum absolute atomic E-state index is 13.6. The molecule has 0 fully saturated rings. The molecule has 0 saturated heterocycles. The monoisotopic (exact) mass is 258 g/mol. The predicted molar refractivity (Wildman–Crippen MR) is 67.2 cm³/mol. The fourth-order valence-electron chi connectivity index (χ4n) is 2.02. The van der Waals surface area contributed by atoms with Crippen molar-refractivity contribution in [2.24, 2.45) is 5.73 Å². The molecule has 2 atom stereocenters. The van der Waals surface area contributed by atoms with Gasteiger partial charge in [0.1, 0.15) is 11.4 Å². The number of hydrogen-bond donors (Lipinski definition) is 2. The Morgan fingerprint density at radius 3 is 2.72 bits per heavy atom. The third kappa shape index (κ3) is 2.85. The summed E-state index contributed by atoms with van der Waals surface area (Å²) in [5.74, 6) is -0.610. The second-order valence-corrected chi connectivity index (χ2v) is 4.69. The minimum Gasteiger partial charge on any atom is -0.396 e. The molecule has 0 bridgehead atoms. The van der Waals surface area contributed by atoms with Crippen molar-refractivity contribution in [2.75, 3.05) is 27.7 Å². The van der Waals surface area contributed by atoms with Crippen LogP contribution < -0.4 is 11.1 Å². The molecule has 102 valence electrons. The van der Waals surface area contributed by atoms with E-state index in [9.17, 15) is 14.5 Å². The zero-order chi connectivity index (χ0) is 13.9. The van der Waals surface area contributed by atoms with Gasteiger partial charge in [-0.15, -0.1) is 0 Å². The standard InChI is InChI=1S/C11H19FN4O2/c1-14-11(4-5-15(2)3)7-8(12)9(13)6-10(11)16(17)18/h6-7,10,14H,4-5,13H2,1-3H3. The molecule has 6 nitrogen and oxygen atoms in total. The summed E-state index contributed by atoms with van der Waals surface area (Å²) in [6, 6.07) is -1.07. The maximum Gasteiger partial charge on any atom is 0.255 e. The Balaban J connectivity index is 3.09. The summed E-state index contributed by atoms with van der Waals surface area (Å²) in [7, 11) is 5.31. The lowest BCUT2D eigenvalue weighted by Gasteiger charge is -2.34. The average Bonchev–Trinajstić information content (AvgIpc) is 2.30. The minimum atomic E-state index is -1.07. The predicted octanol–water partition coefficient (Wildman–Crippen LogP) is 0.251. The molecular formula is C11H19FN4O2. The summed E-state index contributed by atoms with van der Waals surface area (Å²) in [6.07, 6.45) is 2.81. The molecule has 2 unspecified atom stereocenters. The SMILES string of the molecule is CNC1(CCN(C)C)C=C(F)C(N)=CC1[N+](=O)[O-]. The van der Waals surface area contributed by atoms with Gasteiger partial charge in [-0.25, -0.2) is 4.39 Å². The van der Waals surface area contributed by atoms with Gasteiger partial charge >= 0.3 is 0 Å². The molecule has 0 aromatic heterocycles. The van der Waals surface area contributed by atoms with Crippen molar-refractivity contribution in [2.45, 2.75) is 18.0 Å². The summed E-state index contributed by atoms with van der Waals surface area (Å²) >= 11 is 0. The van der Waals surface area contributed by atoms with Crippen LogP contribution in [0.2, 0.25) is 0 Å². The number of halogens is 1. The van der Waals surface area contributed by atoms with Gasteiger partial charge in [-0.3, -0.25) is 10.1 Å². The topological polar surface area (TPSA) is 84.4 Å². The summed E-state index contributed by atoms with van der Waals surface area (Å²) in [4.78, 5) is 12.6. The number of nitrogens with two attached hydrogens (primary N) is 1. The highest BCUT2D eigenvalue weighted by atomic mass is 19.1. The number of likely N-dealkylation sites (N-methyl/N-ethyl adjacent to an activating group) is 1. The van der Waals surface area contributed by atoms with Gasteiger partial charge in [0, 0.05) is 11.0 Å². The minimum absolute atomic E-state index is 0.174. The van der Waals surface area contributed by atoms with E-state index in [1.54, 1.807) is 7.05 Å². The lowest BCUT2D eigenvalue weighted by atomic mass is 9.82. The largest absolute Gasteiger partial charge is 0.396 e. The molecule has 0 aliphatic heterocycles. The van der Waals surface area contributed by atoms with Crippen molar-refractivity contribution in [1.29, 1.82) is 0 Å². The van der Waals surface area contributed by atoms with E-state index in [0.29, 0.717) is 13.0 Å². The fourth-order valence-corrected chi connectivity index (χ4v) is 2.02. The van der Waals surface area contributed by atoms with Crippen LogP contribution in [0.25, 0.3) is 0 Å². The van der Waals surface area contributed by atoms with Gasteiger partial charge in [-0.05, 0) is 40.2 Å². The Kier molecular flexibility index (Phi) is 4.42. The van der Waals surface area contributed by atoms with E-state index in [2.05, 4.69) is 5.32 Å². The van der Waals surface area contributed by atoms with Crippen molar-refractivity contribution in [1.82, 2.24) is 10.2 Å². The highest BCUT2D eigenvalue weighted by molar-refractivity contribution is 5.35. The first-order valence-electron chi connectivity index (χ1n) is 5.65. The number of rotatable bonds is 5. The second-order valence-electron chi connectivity index (χ2n) is 4.69. The molecule has 0 aromatic rings. The number of nitrogens with zero attached hydrogens (tertiary/aromatic N) is 2. The molecule has 0 aromatic carbocycles. The normalized spacial score (nSPS) is 27.9. The molecule has 0 spiro atoms. The highest BCUT2D eigenvalue weighted by Crippen LogP contribution is 2.29. The van der Waals surface area contributed by atoms with Crippen molar-refractivity contribution >= 4 is 0 Å². The van der Waals surface area contributed by atoms with Crippen LogP contribution >= 0.6 is 0 Å². The lowest BCUT2D eigenvalue weighted by molar-refractivity contribution is -0.519. The van der Waals surface area contributed by atoms with Gasteiger partial charge in [-0.2, -0.15) is 0 Å². The van der Waals surface area contributed by atoms with E-state index in [1.165, 1.54) is 12.2 Å². The average molecular weight is 258 g/mol. The first kappa shape index (κ1) is 14.6. The molecule has 0 heterocycles. The van der Waals surface area contributed by atoms with E-state index in [0.717, 1.165) is 0 Å². The molecular weight excluding hydrogens is 239 g/mol. The summed E-state index contributed by atoms with van der Waals surface area (Å²) in [6.45, 7) is 0.600. The van der Waals surface area contributed by atoms with Gasteiger partial charge in [-0.1, -0.05) is 0 Å². The quantitative estimate of drug-likeness (QED) is 0.545. The van der Waals surface area contributed by atoms with Gasteiger partial charge < -0.3 is 16.0 Å². The Hall–Kier alpha value is -1.47. The third-order valence-corrected chi connectivity index (χ3v) is 3.19. The highest BCUT2D eigenvalue weighted by Gasteiger charge is 2.46. The van der Waals surface area contributed by atoms with Crippen LogP contribution in [0.1, 0.15) is 6.42 Å². The van der Waals surface area contributed by atoms with Crippen LogP contribution in [-0.4, -0.2) is 49.1 Å². The van der Waals surface area contributed by atoms with Crippen LogP contribution in [0.15, 0.2) is 23.7 Å². The van der Waals surface area contributed by atoms with Crippen molar-refractivity contribution in [3.8, 4) is 0 Å². The molecule has 1 aliphatic carbocycles. The molecule has 7 heteroatoms. The number of nitro groups is 1. The lowest BCUT2D eigenvalue weighted by Crippen LogP contribution is -2.56. The maximum atomic E-state index is 13.6. The second kappa shape index (κ2) is 5.45. The Morgan fingerprint density at radius 1 is 1.67 bits per heavy atom. The van der Waals surface area contributed by atoms with Crippen LogP contribution in [-0.2, 0) is 0 Å². The van der Waals surface area contributed by atoms with Gasteiger partial charge in [0.05, 0.1) is 5.70 Å². The smallest absolute Gasteiger partial charge is 0.255 e. The van der Waals surface area contributed by atoms with E-state index < -0.39 is 22.3 Å². The molecule has 1 aliphatic rings. The van der Waals surface area contributed by atoms with E-state index in [-0.39, 0.29) is 5.70 Å². The van der Waals surface area contributed by atoms with Gasteiger partial charge in [0.15, 0.2) is 0 Å². The molecule has 18 heavy (non-hydrogen) atoms. The van der Waals surface area contributed by atoms with Crippen molar-refractivity contribution < 1.29 is 9.31 Å². The van der Waals surface area contributed by atoms with Gasteiger partial charge in [0.25, 0.3) is 6.04 Å². The van der Waals surface area contributed by atoms with Crippen molar-refractivity contribution in [3.05, 3.63) is 33.8 Å². The van der Waals surface area contributed by atoms with Crippen molar-refractivity contribution in [3.63, 3.8) is 0 Å². The van der Waals surface area contributed by atoms with Crippen LogP contribution in [0.4, 0.5) is 4.39 Å². The number of nitrogens with one attached hydrogen (secondary N) is 1. The first-order chi connectivity index (χ1) is 8.32. The van der Waals surface area contributed by atoms with E-state index >= 15 is 0 Å². The Morgan fingerprint density at radius 2 is 2.28 bits per heavy atom. The van der Waals surface area contributed by atoms with E-state index in [4.69, 9.17) is 5.73 Å². The Bertz CT molecular complexity index is 395. The van der Waals surface area contributed by atoms with Crippen LogP contribution in [0.5, 0.6) is 0 Å². The van der Waals surface area contributed by atoms with Gasteiger partial charge in [0.2, 0.25) is 0 Å².